The first kappa shape index (κ1) is 9.01. The first-order chi connectivity index (χ1) is 6.65. The zero-order valence-corrected chi connectivity index (χ0v) is 7.34. The lowest BCUT2D eigenvalue weighted by Gasteiger charge is -2.33. The highest BCUT2D eigenvalue weighted by molar-refractivity contribution is 5.91. The monoisotopic (exact) mass is 198 g/mol. The summed E-state index contributed by atoms with van der Waals surface area (Å²) in [6.07, 6.45) is 1.34. The maximum Gasteiger partial charge on any atom is 0.334 e. The van der Waals surface area contributed by atoms with Crippen molar-refractivity contribution in [2.45, 2.75) is 18.7 Å². The van der Waals surface area contributed by atoms with Gasteiger partial charge in [-0.05, 0) is 6.08 Å². The number of amides is 1. The van der Waals surface area contributed by atoms with Crippen molar-refractivity contribution in [1.82, 2.24) is 4.90 Å². The number of carboxylic acids is 1. The summed E-state index contributed by atoms with van der Waals surface area (Å²) in [4.78, 5) is 23.2. The summed E-state index contributed by atoms with van der Waals surface area (Å²) in [5, 5.41) is 8.89. The summed E-state index contributed by atoms with van der Waals surface area (Å²) in [6, 6.07) is -0.982. The van der Waals surface area contributed by atoms with Crippen LogP contribution in [0.1, 0.15) is 6.42 Å². The lowest BCUT2D eigenvalue weighted by atomic mass is 10.1. The van der Waals surface area contributed by atoms with Gasteiger partial charge < -0.3 is 15.6 Å². The van der Waals surface area contributed by atoms with Gasteiger partial charge in [0.25, 0.3) is 0 Å². The molecule has 6 heteroatoms. The highest BCUT2D eigenvalue weighted by Crippen LogP contribution is 2.36. The molecule has 1 unspecified atom stereocenters. The molecule has 2 rings (SSSR count). The molecule has 0 aromatic rings. The second-order valence-electron chi connectivity index (χ2n) is 3.16. The molecule has 2 aliphatic rings. The third-order valence-electron chi connectivity index (χ3n) is 2.32. The standard InChI is InChI=1S/C8H10N2O4/c9-2-1-4-7(8(12)13)10-5(11)3-6(10)14-4/h1,6-7H,2-3,9H2,(H,12,13)/b4-1-/t6-,7?/m1/s1. The first-order valence-corrected chi connectivity index (χ1v) is 4.26. The molecular formula is C8H10N2O4. The molecule has 76 valence electrons. The van der Waals surface area contributed by atoms with Gasteiger partial charge in [0.1, 0.15) is 5.76 Å². The predicted octanol–water partition coefficient (Wildman–Crippen LogP) is -1.13. The molecule has 1 amide bonds. The van der Waals surface area contributed by atoms with Crippen molar-refractivity contribution in [2.75, 3.05) is 6.54 Å². The summed E-state index contributed by atoms with van der Waals surface area (Å²) in [5.41, 5.74) is 5.26. The van der Waals surface area contributed by atoms with Crippen LogP contribution in [-0.4, -0.2) is 40.7 Å². The van der Waals surface area contributed by atoms with Crippen LogP contribution in [0.2, 0.25) is 0 Å². The van der Waals surface area contributed by atoms with Gasteiger partial charge in [0.05, 0.1) is 6.42 Å². The number of carbonyl (C=O) groups is 2. The van der Waals surface area contributed by atoms with Gasteiger partial charge in [0.15, 0.2) is 12.3 Å². The van der Waals surface area contributed by atoms with Crippen molar-refractivity contribution in [1.29, 1.82) is 0 Å². The maximum absolute atomic E-state index is 11.1. The van der Waals surface area contributed by atoms with Crippen molar-refractivity contribution in [3.8, 4) is 0 Å². The van der Waals surface area contributed by atoms with E-state index in [1.165, 1.54) is 11.0 Å². The van der Waals surface area contributed by atoms with Gasteiger partial charge in [-0.25, -0.2) is 4.79 Å². The minimum absolute atomic E-state index is 0.192. The lowest BCUT2D eigenvalue weighted by Crippen LogP contribution is -2.54. The molecule has 0 radical (unpaired) electrons. The molecule has 0 saturated carbocycles. The summed E-state index contributed by atoms with van der Waals surface area (Å²) in [5.74, 6) is -1.00. The van der Waals surface area contributed by atoms with E-state index in [4.69, 9.17) is 15.6 Å². The van der Waals surface area contributed by atoms with E-state index in [-0.39, 0.29) is 24.6 Å². The molecule has 2 aliphatic heterocycles. The second kappa shape index (κ2) is 2.98. The third kappa shape index (κ3) is 1.07. The van der Waals surface area contributed by atoms with Gasteiger partial charge in [-0.3, -0.25) is 9.69 Å². The average Bonchev–Trinajstić information content (AvgIpc) is 2.39. The predicted molar refractivity (Wildman–Crippen MR) is 44.9 cm³/mol. The third-order valence-corrected chi connectivity index (χ3v) is 2.32. The number of hydrogen-bond acceptors (Lipinski definition) is 4. The molecule has 0 aromatic carbocycles. The molecule has 6 nitrogen and oxygen atoms in total. The molecule has 2 fully saturated rings. The Morgan fingerprint density at radius 1 is 1.79 bits per heavy atom. The number of ether oxygens (including phenoxy) is 1. The number of hydrogen-bond donors (Lipinski definition) is 2. The Morgan fingerprint density at radius 2 is 2.50 bits per heavy atom. The van der Waals surface area contributed by atoms with Crippen LogP contribution < -0.4 is 5.73 Å². The maximum atomic E-state index is 11.1. The van der Waals surface area contributed by atoms with Crippen molar-refractivity contribution in [2.24, 2.45) is 5.73 Å². The fourth-order valence-corrected chi connectivity index (χ4v) is 1.69. The van der Waals surface area contributed by atoms with Crippen LogP contribution in [-0.2, 0) is 14.3 Å². The van der Waals surface area contributed by atoms with E-state index < -0.39 is 18.2 Å². The summed E-state index contributed by atoms with van der Waals surface area (Å²) in [7, 11) is 0. The Balaban J connectivity index is 2.26. The number of nitrogens with zero attached hydrogens (tertiary/aromatic N) is 1. The first-order valence-electron chi connectivity index (χ1n) is 4.26. The van der Waals surface area contributed by atoms with Crippen molar-refractivity contribution >= 4 is 11.9 Å². The van der Waals surface area contributed by atoms with E-state index in [0.29, 0.717) is 0 Å². The Kier molecular flexibility index (Phi) is 1.92. The SMILES string of the molecule is NC/C=C1\O[C@@H]2CC(=O)N2C1C(=O)O. The van der Waals surface area contributed by atoms with E-state index in [2.05, 4.69) is 0 Å². The summed E-state index contributed by atoms with van der Waals surface area (Å²) < 4.78 is 5.25. The fraction of sp³-hybridized carbons (Fsp3) is 0.500. The lowest BCUT2D eigenvalue weighted by molar-refractivity contribution is -0.163. The Morgan fingerprint density at radius 3 is 3.00 bits per heavy atom. The van der Waals surface area contributed by atoms with Gasteiger partial charge >= 0.3 is 5.97 Å². The normalized spacial score (nSPS) is 32.5. The van der Waals surface area contributed by atoms with Gasteiger partial charge in [0, 0.05) is 6.54 Å². The fourth-order valence-electron chi connectivity index (χ4n) is 1.69. The van der Waals surface area contributed by atoms with Crippen LogP contribution in [0.3, 0.4) is 0 Å². The largest absolute Gasteiger partial charge is 0.479 e. The van der Waals surface area contributed by atoms with Crippen LogP contribution in [0.15, 0.2) is 11.8 Å². The highest BCUT2D eigenvalue weighted by Gasteiger charge is 2.53. The zero-order chi connectivity index (χ0) is 10.3. The minimum atomic E-state index is -1.08. The van der Waals surface area contributed by atoms with Crippen molar-refractivity contribution in [3.63, 3.8) is 0 Å². The van der Waals surface area contributed by atoms with E-state index in [1.807, 2.05) is 0 Å². The Hall–Kier alpha value is -1.56. The number of carboxylic acid groups (broad SMARTS) is 1. The van der Waals surface area contributed by atoms with Crippen LogP contribution in [0, 0.1) is 0 Å². The van der Waals surface area contributed by atoms with E-state index in [9.17, 15) is 9.59 Å². The van der Waals surface area contributed by atoms with Gasteiger partial charge in [0.2, 0.25) is 5.91 Å². The number of aliphatic carboxylic acids is 1. The molecule has 14 heavy (non-hydrogen) atoms. The highest BCUT2D eigenvalue weighted by atomic mass is 16.5. The molecular weight excluding hydrogens is 188 g/mol. The van der Waals surface area contributed by atoms with Crippen LogP contribution in [0.25, 0.3) is 0 Å². The molecule has 2 saturated heterocycles. The zero-order valence-electron chi connectivity index (χ0n) is 7.34. The van der Waals surface area contributed by atoms with Gasteiger partial charge in [-0.1, -0.05) is 0 Å². The quantitative estimate of drug-likeness (QED) is 0.548. The van der Waals surface area contributed by atoms with Gasteiger partial charge in [-0.15, -0.1) is 0 Å². The van der Waals surface area contributed by atoms with E-state index in [1.54, 1.807) is 0 Å². The smallest absolute Gasteiger partial charge is 0.334 e. The number of fused-ring (bicyclic) bond motifs is 1. The van der Waals surface area contributed by atoms with Crippen LogP contribution in [0.4, 0.5) is 0 Å². The minimum Gasteiger partial charge on any atom is -0.479 e. The molecule has 0 bridgehead atoms. The number of carbonyl (C=O) groups excluding carboxylic acids is 1. The van der Waals surface area contributed by atoms with E-state index in [0.717, 1.165) is 0 Å². The molecule has 3 N–H and O–H groups in total. The second-order valence-corrected chi connectivity index (χ2v) is 3.16. The topological polar surface area (TPSA) is 92.9 Å². The van der Waals surface area contributed by atoms with Crippen LogP contribution in [0.5, 0.6) is 0 Å². The number of nitrogens with two attached hydrogens (primary N) is 1. The van der Waals surface area contributed by atoms with E-state index >= 15 is 0 Å². The molecule has 0 spiro atoms. The number of β-lactam (4-membered cyclic amide) rings is 1. The average molecular weight is 198 g/mol. The summed E-state index contributed by atoms with van der Waals surface area (Å²) in [6.45, 7) is 0.202. The van der Waals surface area contributed by atoms with Gasteiger partial charge in [-0.2, -0.15) is 0 Å². The Labute approximate surface area is 79.9 Å². The number of rotatable bonds is 2. The molecule has 2 heterocycles. The summed E-state index contributed by atoms with van der Waals surface area (Å²) >= 11 is 0. The molecule has 0 aromatic heterocycles. The Bertz CT molecular complexity index is 325. The van der Waals surface area contributed by atoms with Crippen LogP contribution >= 0.6 is 0 Å². The van der Waals surface area contributed by atoms with Crippen molar-refractivity contribution < 1.29 is 19.4 Å². The van der Waals surface area contributed by atoms with Crippen molar-refractivity contribution in [3.05, 3.63) is 11.8 Å². The molecule has 0 aliphatic carbocycles. The molecule has 2 atom stereocenters.